The van der Waals surface area contributed by atoms with E-state index in [-0.39, 0.29) is 0 Å². The van der Waals surface area contributed by atoms with E-state index in [0.717, 1.165) is 42.0 Å². The molecule has 0 aromatic carbocycles. The van der Waals surface area contributed by atoms with E-state index in [4.69, 9.17) is 0 Å². The third-order valence-corrected chi connectivity index (χ3v) is 5.28. The van der Waals surface area contributed by atoms with Crippen molar-refractivity contribution >= 4 is 22.1 Å². The van der Waals surface area contributed by atoms with Gasteiger partial charge in [0.05, 0.1) is 24.6 Å². The van der Waals surface area contributed by atoms with E-state index in [1.54, 1.807) is 0 Å². The molecule has 1 saturated heterocycles. The van der Waals surface area contributed by atoms with Gasteiger partial charge in [0.2, 0.25) is 0 Å². The molecule has 4 aromatic heterocycles. The van der Waals surface area contributed by atoms with Crippen LogP contribution >= 0.6 is 0 Å². The summed E-state index contributed by atoms with van der Waals surface area (Å²) in [4.78, 5) is 19.2. The van der Waals surface area contributed by atoms with Crippen LogP contribution in [0.1, 0.15) is 24.7 Å². The number of H-pyrrole nitrogens is 1. The molecular weight excluding hydrogens is 314 g/mol. The van der Waals surface area contributed by atoms with Gasteiger partial charge >= 0.3 is 0 Å². The molecule has 1 N–H and O–H groups in total. The van der Waals surface area contributed by atoms with Gasteiger partial charge < -0.3 is 14.1 Å². The summed E-state index contributed by atoms with van der Waals surface area (Å²) in [5.74, 6) is 1.12. The van der Waals surface area contributed by atoms with Crippen LogP contribution in [0.15, 0.2) is 37.2 Å². The molecule has 5 rings (SSSR count). The van der Waals surface area contributed by atoms with Crippen LogP contribution in [0.5, 0.6) is 0 Å². The fourth-order valence-corrected chi connectivity index (χ4v) is 3.96. The number of pyridine rings is 1. The molecule has 0 amide bonds. The first kappa shape index (κ1) is 14.7. The second kappa shape index (κ2) is 5.70. The quantitative estimate of drug-likeness (QED) is 0.624. The number of likely N-dealkylation sites (tertiary alicyclic amines) is 1. The molecule has 128 valence electrons. The lowest BCUT2D eigenvalue weighted by atomic mass is 10.1. The molecule has 1 aliphatic rings. The maximum Gasteiger partial charge on any atom is 0.139 e. The number of aryl methyl sites for hydroxylation is 1. The van der Waals surface area contributed by atoms with Gasteiger partial charge in [0, 0.05) is 43.6 Å². The lowest BCUT2D eigenvalue weighted by Crippen LogP contribution is -2.36. The molecule has 7 nitrogen and oxygen atoms in total. The van der Waals surface area contributed by atoms with E-state index >= 15 is 0 Å². The minimum absolute atomic E-state index is 0.430. The van der Waals surface area contributed by atoms with E-state index in [9.17, 15) is 0 Å². The zero-order valence-corrected chi connectivity index (χ0v) is 14.3. The predicted octanol–water partition coefficient (Wildman–Crippen LogP) is 2.48. The number of hydrogen-bond donors (Lipinski definition) is 1. The number of aromatic nitrogens is 6. The Morgan fingerprint density at radius 3 is 3.12 bits per heavy atom. The van der Waals surface area contributed by atoms with Crippen LogP contribution in [0, 0.1) is 0 Å². The molecule has 0 aliphatic carbocycles. The van der Waals surface area contributed by atoms with Crippen molar-refractivity contribution in [2.75, 3.05) is 13.1 Å². The molecule has 1 atom stereocenters. The average molecular weight is 335 g/mol. The van der Waals surface area contributed by atoms with Gasteiger partial charge in [-0.2, -0.15) is 0 Å². The van der Waals surface area contributed by atoms with Gasteiger partial charge in [-0.3, -0.25) is 4.90 Å². The number of hydrogen-bond acceptors (Lipinski definition) is 4. The molecule has 0 radical (unpaired) electrons. The van der Waals surface area contributed by atoms with E-state index in [1.165, 1.54) is 18.4 Å². The minimum Gasteiger partial charge on any atom is -0.346 e. The maximum absolute atomic E-state index is 4.59. The van der Waals surface area contributed by atoms with E-state index < -0.39 is 0 Å². The summed E-state index contributed by atoms with van der Waals surface area (Å²) in [6.45, 7) is 3.04. The van der Waals surface area contributed by atoms with Gasteiger partial charge in [-0.25, -0.2) is 15.0 Å². The third kappa shape index (κ3) is 2.42. The molecule has 1 aliphatic heterocycles. The van der Waals surface area contributed by atoms with Gasteiger partial charge in [0.1, 0.15) is 17.0 Å². The highest BCUT2D eigenvalue weighted by atomic mass is 15.2. The molecule has 7 heteroatoms. The Bertz CT molecular complexity index is 1020. The van der Waals surface area contributed by atoms with Crippen molar-refractivity contribution in [3.63, 3.8) is 0 Å². The van der Waals surface area contributed by atoms with Crippen LogP contribution in [0.2, 0.25) is 0 Å². The lowest BCUT2D eigenvalue weighted by molar-refractivity contribution is 0.167. The van der Waals surface area contributed by atoms with Crippen molar-refractivity contribution in [2.45, 2.75) is 25.4 Å². The summed E-state index contributed by atoms with van der Waals surface area (Å²) in [6.07, 6.45) is 12.0. The normalized spacial score (nSPS) is 19.2. The Kier molecular flexibility index (Phi) is 3.34. The summed E-state index contributed by atoms with van der Waals surface area (Å²) >= 11 is 0. The third-order valence-electron chi connectivity index (χ3n) is 5.28. The maximum atomic E-state index is 4.59. The molecule has 0 bridgehead atoms. The van der Waals surface area contributed by atoms with Crippen LogP contribution in [-0.2, 0) is 13.6 Å². The van der Waals surface area contributed by atoms with Gasteiger partial charge in [-0.15, -0.1) is 0 Å². The highest BCUT2D eigenvalue weighted by Gasteiger charge is 2.24. The SMILES string of the molecule is Cn1ccnc1CN1CCC[C@@H](n2cnc3cnc4[nH]ccc4c32)C1. The number of nitrogens with one attached hydrogen (secondary N) is 1. The Morgan fingerprint density at radius 1 is 1.28 bits per heavy atom. The van der Waals surface area contributed by atoms with Crippen molar-refractivity contribution < 1.29 is 0 Å². The summed E-state index contributed by atoms with van der Waals surface area (Å²) in [7, 11) is 2.06. The van der Waals surface area contributed by atoms with Crippen LogP contribution in [0.4, 0.5) is 0 Å². The second-order valence-corrected chi connectivity index (χ2v) is 6.87. The van der Waals surface area contributed by atoms with Gasteiger partial charge in [0.25, 0.3) is 0 Å². The number of rotatable bonds is 3. The zero-order chi connectivity index (χ0) is 16.8. The number of imidazole rings is 2. The first-order valence-electron chi connectivity index (χ1n) is 8.77. The topological polar surface area (TPSA) is 67.6 Å². The summed E-state index contributed by atoms with van der Waals surface area (Å²) in [5, 5.41) is 1.15. The van der Waals surface area contributed by atoms with Crippen LogP contribution < -0.4 is 0 Å². The first-order valence-corrected chi connectivity index (χ1v) is 8.77. The van der Waals surface area contributed by atoms with E-state index in [1.807, 2.05) is 31.1 Å². The monoisotopic (exact) mass is 335 g/mol. The number of piperidine rings is 1. The Balaban J connectivity index is 1.47. The minimum atomic E-state index is 0.430. The second-order valence-electron chi connectivity index (χ2n) is 6.87. The number of aromatic amines is 1. The van der Waals surface area contributed by atoms with Gasteiger partial charge in [-0.1, -0.05) is 0 Å². The molecule has 1 fully saturated rings. The number of fused-ring (bicyclic) bond motifs is 3. The average Bonchev–Trinajstić information content (AvgIpc) is 3.34. The van der Waals surface area contributed by atoms with Crippen molar-refractivity contribution in [1.82, 2.24) is 34.0 Å². The molecular formula is C18H21N7. The van der Waals surface area contributed by atoms with E-state index in [0.29, 0.717) is 6.04 Å². The predicted molar refractivity (Wildman–Crippen MR) is 96.1 cm³/mol. The zero-order valence-electron chi connectivity index (χ0n) is 14.3. The lowest BCUT2D eigenvalue weighted by Gasteiger charge is -2.33. The van der Waals surface area contributed by atoms with Crippen molar-refractivity contribution in [3.05, 3.63) is 43.0 Å². The number of nitrogens with zero attached hydrogens (tertiary/aromatic N) is 6. The largest absolute Gasteiger partial charge is 0.346 e. The molecule has 25 heavy (non-hydrogen) atoms. The van der Waals surface area contributed by atoms with E-state index in [2.05, 4.69) is 47.1 Å². The standard InChI is InChI=1S/C18H21N7/c1-23-8-6-19-16(23)11-24-7-2-3-13(10-24)25-12-22-15-9-21-18-14(17(15)25)4-5-20-18/h4-6,8-9,12-13H,2-3,7,10-11H2,1H3,(H,20,21)/t13-/m1/s1. The Morgan fingerprint density at radius 2 is 2.24 bits per heavy atom. The Hall–Kier alpha value is -2.67. The highest BCUT2D eigenvalue weighted by Crippen LogP contribution is 2.29. The highest BCUT2D eigenvalue weighted by molar-refractivity contribution is 6.00. The Labute approximate surface area is 145 Å². The van der Waals surface area contributed by atoms with Crippen LogP contribution in [-0.4, -0.2) is 47.1 Å². The van der Waals surface area contributed by atoms with Crippen LogP contribution in [0.3, 0.4) is 0 Å². The summed E-state index contributed by atoms with van der Waals surface area (Å²) < 4.78 is 4.45. The van der Waals surface area contributed by atoms with Crippen molar-refractivity contribution in [3.8, 4) is 0 Å². The first-order chi connectivity index (χ1) is 12.3. The van der Waals surface area contributed by atoms with Gasteiger partial charge in [0.15, 0.2) is 0 Å². The summed E-state index contributed by atoms with van der Waals surface area (Å²) in [6, 6.07) is 2.52. The molecule has 5 heterocycles. The van der Waals surface area contributed by atoms with Crippen molar-refractivity contribution in [1.29, 1.82) is 0 Å². The molecule has 0 unspecified atom stereocenters. The fourth-order valence-electron chi connectivity index (χ4n) is 3.96. The van der Waals surface area contributed by atoms with Crippen LogP contribution in [0.25, 0.3) is 22.1 Å². The van der Waals surface area contributed by atoms with Crippen molar-refractivity contribution in [2.24, 2.45) is 7.05 Å². The smallest absolute Gasteiger partial charge is 0.139 e. The fraction of sp³-hybridized carbons (Fsp3) is 0.389. The molecule has 0 spiro atoms. The molecule has 4 aromatic rings. The summed E-state index contributed by atoms with van der Waals surface area (Å²) in [5.41, 5.74) is 3.08. The molecule has 0 saturated carbocycles. The van der Waals surface area contributed by atoms with Gasteiger partial charge in [-0.05, 0) is 25.5 Å².